The van der Waals surface area contributed by atoms with Gasteiger partial charge in [-0.05, 0) is 0 Å². The molecular formula is C6H7NO5. The lowest BCUT2D eigenvalue weighted by Gasteiger charge is -1.98. The zero-order valence-corrected chi connectivity index (χ0v) is 6.31. The second kappa shape index (κ2) is 3.21. The average Bonchev–Trinajstić information content (AvgIpc) is 2.51. The van der Waals surface area contributed by atoms with Crippen molar-refractivity contribution in [3.8, 4) is 0 Å². The van der Waals surface area contributed by atoms with E-state index >= 15 is 0 Å². The van der Waals surface area contributed by atoms with Crippen LogP contribution in [0.3, 0.4) is 0 Å². The number of rotatable bonds is 2. The Morgan fingerprint density at radius 2 is 2.42 bits per heavy atom. The highest BCUT2D eigenvalue weighted by Gasteiger charge is 2.31. The third kappa shape index (κ3) is 1.52. The number of oxime groups is 1. The van der Waals surface area contributed by atoms with Crippen molar-refractivity contribution in [2.24, 2.45) is 5.16 Å². The highest BCUT2D eigenvalue weighted by molar-refractivity contribution is 6.37. The van der Waals surface area contributed by atoms with Crippen LogP contribution in [-0.2, 0) is 19.2 Å². The maximum absolute atomic E-state index is 10.8. The topological polar surface area (TPSA) is 85.2 Å². The van der Waals surface area contributed by atoms with E-state index in [4.69, 9.17) is 5.11 Å². The van der Waals surface area contributed by atoms with E-state index in [-0.39, 0.29) is 12.1 Å². The van der Waals surface area contributed by atoms with Crippen molar-refractivity contribution in [3.05, 3.63) is 0 Å². The number of methoxy groups -OCH3 is 1. The Hall–Kier alpha value is -1.59. The van der Waals surface area contributed by atoms with E-state index in [0.29, 0.717) is 0 Å². The molecule has 1 aliphatic rings. The third-order valence-corrected chi connectivity index (χ3v) is 1.37. The van der Waals surface area contributed by atoms with E-state index in [1.165, 1.54) is 7.11 Å². The molecule has 0 radical (unpaired) electrons. The smallest absolute Gasteiger partial charge is 0.355 e. The summed E-state index contributed by atoms with van der Waals surface area (Å²) < 4.78 is 4.32. The molecule has 1 N–H and O–H groups in total. The monoisotopic (exact) mass is 173 g/mol. The summed E-state index contributed by atoms with van der Waals surface area (Å²) in [4.78, 5) is 25.5. The molecule has 0 saturated heterocycles. The number of hydrogen-bond acceptors (Lipinski definition) is 5. The molecule has 0 aliphatic carbocycles. The van der Waals surface area contributed by atoms with Gasteiger partial charge in [-0.2, -0.15) is 0 Å². The zero-order valence-electron chi connectivity index (χ0n) is 6.31. The number of aliphatic carboxylic acids is 1. The first-order valence-corrected chi connectivity index (χ1v) is 3.19. The van der Waals surface area contributed by atoms with Crippen LogP contribution in [0.25, 0.3) is 0 Å². The fourth-order valence-electron chi connectivity index (χ4n) is 0.748. The predicted molar refractivity (Wildman–Crippen MR) is 36.6 cm³/mol. The molecule has 0 aromatic rings. The molecule has 1 aliphatic heterocycles. The second-order valence-electron chi connectivity index (χ2n) is 2.17. The predicted octanol–water partition coefficient (Wildman–Crippen LogP) is -0.611. The molecule has 1 rings (SSSR count). The van der Waals surface area contributed by atoms with Gasteiger partial charge in [0.15, 0.2) is 5.71 Å². The van der Waals surface area contributed by atoms with Crippen molar-refractivity contribution in [2.75, 3.05) is 7.11 Å². The number of carboxylic acid groups (broad SMARTS) is 1. The van der Waals surface area contributed by atoms with Gasteiger partial charge in [-0.25, -0.2) is 9.59 Å². The largest absolute Gasteiger partial charge is 0.478 e. The van der Waals surface area contributed by atoms with Crippen LogP contribution in [0.15, 0.2) is 5.16 Å². The first-order chi connectivity index (χ1) is 5.65. The van der Waals surface area contributed by atoms with Crippen molar-refractivity contribution in [3.63, 3.8) is 0 Å². The van der Waals surface area contributed by atoms with Gasteiger partial charge in [0.1, 0.15) is 0 Å². The van der Waals surface area contributed by atoms with Crippen LogP contribution in [0.4, 0.5) is 0 Å². The van der Waals surface area contributed by atoms with Gasteiger partial charge in [0, 0.05) is 0 Å². The van der Waals surface area contributed by atoms with Crippen LogP contribution < -0.4 is 0 Å². The van der Waals surface area contributed by atoms with Crippen LogP contribution in [0.2, 0.25) is 0 Å². The third-order valence-electron chi connectivity index (χ3n) is 1.37. The fourth-order valence-corrected chi connectivity index (χ4v) is 0.748. The van der Waals surface area contributed by atoms with E-state index in [9.17, 15) is 9.59 Å². The van der Waals surface area contributed by atoms with Crippen molar-refractivity contribution in [1.29, 1.82) is 0 Å². The number of carbonyl (C=O) groups excluding carboxylic acids is 1. The van der Waals surface area contributed by atoms with Crippen LogP contribution in [0, 0.1) is 0 Å². The number of nitrogens with zero attached hydrogens (tertiary/aromatic N) is 1. The summed E-state index contributed by atoms with van der Waals surface area (Å²) in [5.74, 6) is -1.79. The standard InChI is InChI=1S/C6H7NO5/c1-11-6(10)3-2-4(5(8)9)12-7-3/h4H,2H2,1H3,(H,8,9). The molecule has 6 nitrogen and oxygen atoms in total. The van der Waals surface area contributed by atoms with Gasteiger partial charge in [0.25, 0.3) is 0 Å². The Balaban J connectivity index is 2.54. The summed E-state index contributed by atoms with van der Waals surface area (Å²) in [6.07, 6.45) is -1.10. The minimum atomic E-state index is -1.14. The maximum atomic E-state index is 10.8. The molecular weight excluding hydrogens is 166 g/mol. The van der Waals surface area contributed by atoms with Crippen molar-refractivity contribution in [1.82, 2.24) is 0 Å². The van der Waals surface area contributed by atoms with Gasteiger partial charge in [0.05, 0.1) is 13.5 Å². The van der Waals surface area contributed by atoms with E-state index in [2.05, 4.69) is 14.7 Å². The number of esters is 1. The highest BCUT2D eigenvalue weighted by atomic mass is 16.7. The number of carbonyl (C=O) groups is 2. The maximum Gasteiger partial charge on any atom is 0.355 e. The van der Waals surface area contributed by atoms with Crippen LogP contribution in [0.1, 0.15) is 6.42 Å². The summed E-state index contributed by atoms with van der Waals surface area (Å²) in [6, 6.07) is 0. The highest BCUT2D eigenvalue weighted by Crippen LogP contribution is 2.10. The first kappa shape index (κ1) is 8.51. The van der Waals surface area contributed by atoms with Gasteiger partial charge in [-0.15, -0.1) is 0 Å². The summed E-state index contributed by atoms with van der Waals surface area (Å²) in [5.41, 5.74) is 0.00454. The second-order valence-corrected chi connectivity index (χ2v) is 2.17. The van der Waals surface area contributed by atoms with Crippen molar-refractivity contribution in [2.45, 2.75) is 12.5 Å². The first-order valence-electron chi connectivity index (χ1n) is 3.19. The zero-order chi connectivity index (χ0) is 9.14. The van der Waals surface area contributed by atoms with Crippen LogP contribution >= 0.6 is 0 Å². The average molecular weight is 173 g/mol. The molecule has 1 atom stereocenters. The lowest BCUT2D eigenvalue weighted by Crippen LogP contribution is -2.22. The number of hydrogen-bond donors (Lipinski definition) is 1. The molecule has 0 saturated carbocycles. The van der Waals surface area contributed by atoms with Crippen LogP contribution in [-0.4, -0.2) is 36.0 Å². The Kier molecular flexibility index (Phi) is 2.27. The van der Waals surface area contributed by atoms with E-state index in [0.717, 1.165) is 0 Å². The summed E-state index contributed by atoms with van der Waals surface area (Å²) in [7, 11) is 1.19. The van der Waals surface area contributed by atoms with Gasteiger partial charge in [-0.1, -0.05) is 5.16 Å². The molecule has 0 fully saturated rings. The normalized spacial score (nSPS) is 21.1. The van der Waals surface area contributed by atoms with Gasteiger partial charge in [0.2, 0.25) is 6.10 Å². The summed E-state index contributed by atoms with van der Waals surface area (Å²) >= 11 is 0. The van der Waals surface area contributed by atoms with E-state index in [1.54, 1.807) is 0 Å². The number of carboxylic acids is 1. The molecule has 0 aromatic heterocycles. The summed E-state index contributed by atoms with van der Waals surface area (Å²) in [5, 5.41) is 11.7. The summed E-state index contributed by atoms with van der Waals surface area (Å²) in [6.45, 7) is 0. The molecule has 6 heteroatoms. The Bertz CT molecular complexity index is 246. The SMILES string of the molecule is COC(=O)C1=NOC(C(=O)O)C1. The Morgan fingerprint density at radius 1 is 1.75 bits per heavy atom. The molecule has 1 unspecified atom stereocenters. The fraction of sp³-hybridized carbons (Fsp3) is 0.500. The molecule has 0 bridgehead atoms. The van der Waals surface area contributed by atoms with Gasteiger partial charge >= 0.3 is 11.9 Å². The van der Waals surface area contributed by atoms with Gasteiger partial charge < -0.3 is 14.7 Å². The molecule has 0 aromatic carbocycles. The lowest BCUT2D eigenvalue weighted by molar-refractivity contribution is -0.148. The van der Waals surface area contributed by atoms with Crippen molar-refractivity contribution < 1.29 is 24.3 Å². The van der Waals surface area contributed by atoms with E-state index < -0.39 is 18.0 Å². The molecule has 0 amide bonds. The molecule has 66 valence electrons. The Labute approximate surface area is 67.8 Å². The van der Waals surface area contributed by atoms with Crippen molar-refractivity contribution >= 4 is 17.7 Å². The van der Waals surface area contributed by atoms with Crippen LogP contribution in [0.5, 0.6) is 0 Å². The molecule has 1 heterocycles. The minimum absolute atomic E-state index is 0.00454. The minimum Gasteiger partial charge on any atom is -0.478 e. The Morgan fingerprint density at radius 3 is 2.83 bits per heavy atom. The molecule has 12 heavy (non-hydrogen) atoms. The number of ether oxygens (including phenoxy) is 1. The quantitative estimate of drug-likeness (QED) is 0.563. The van der Waals surface area contributed by atoms with E-state index in [1.807, 2.05) is 0 Å². The molecule has 0 spiro atoms. The lowest BCUT2D eigenvalue weighted by atomic mass is 10.2. The van der Waals surface area contributed by atoms with Gasteiger partial charge in [-0.3, -0.25) is 0 Å².